The quantitative estimate of drug-likeness (QED) is 0.522. The lowest BCUT2D eigenvalue weighted by Crippen LogP contribution is -2.54. The van der Waals surface area contributed by atoms with Crippen molar-refractivity contribution in [1.82, 2.24) is 9.62 Å². The third-order valence-corrected chi connectivity index (χ3v) is 10.2. The lowest BCUT2D eigenvalue weighted by atomic mass is 10.0. The van der Waals surface area contributed by atoms with Crippen molar-refractivity contribution in [1.29, 1.82) is 5.26 Å². The third-order valence-electron chi connectivity index (χ3n) is 5.37. The van der Waals surface area contributed by atoms with Crippen LogP contribution in [0.5, 0.6) is 0 Å². The molecule has 0 saturated carbocycles. The molecule has 0 unspecified atom stereocenters. The van der Waals surface area contributed by atoms with E-state index in [4.69, 9.17) is 28.5 Å². The highest BCUT2D eigenvalue weighted by atomic mass is 35.5. The average molecular weight is 572 g/mol. The molecule has 35 heavy (non-hydrogen) atoms. The van der Waals surface area contributed by atoms with E-state index in [1.54, 1.807) is 6.07 Å². The average Bonchev–Trinajstić information content (AvgIpc) is 3.12. The number of sulfonamides is 1. The Labute approximate surface area is 209 Å². The second-order valence-corrected chi connectivity index (χ2v) is 12.7. The van der Waals surface area contributed by atoms with Gasteiger partial charge in [0.1, 0.15) is 15.7 Å². The Hall–Kier alpha value is -1.92. The van der Waals surface area contributed by atoms with Gasteiger partial charge in [0, 0.05) is 24.7 Å². The smallest absolute Gasteiger partial charge is 0.386 e. The van der Waals surface area contributed by atoms with Crippen molar-refractivity contribution in [2.45, 2.75) is 26.8 Å². The maximum absolute atomic E-state index is 13.3. The van der Waals surface area contributed by atoms with Crippen molar-refractivity contribution in [2.75, 3.05) is 26.2 Å². The molecule has 2 atom stereocenters. The van der Waals surface area contributed by atoms with E-state index in [0.717, 1.165) is 24.3 Å². The van der Waals surface area contributed by atoms with E-state index < -0.39 is 68.0 Å². The van der Waals surface area contributed by atoms with Gasteiger partial charge in [0.15, 0.2) is 9.84 Å². The summed E-state index contributed by atoms with van der Waals surface area (Å²) in [6.45, 7) is -3.98. The van der Waals surface area contributed by atoms with Crippen LogP contribution in [0.3, 0.4) is 0 Å². The molecule has 3 rings (SSSR count). The monoisotopic (exact) mass is 571 g/mol. The fourth-order valence-corrected chi connectivity index (χ4v) is 7.91. The zero-order valence-electron chi connectivity index (χ0n) is 17.6. The lowest BCUT2D eigenvalue weighted by molar-refractivity contribution is -0.126. The van der Waals surface area contributed by atoms with Crippen LogP contribution in [0.2, 0.25) is 10.0 Å². The van der Waals surface area contributed by atoms with Crippen molar-refractivity contribution in [3.8, 4) is 6.07 Å². The van der Waals surface area contributed by atoms with Gasteiger partial charge >= 0.3 is 6.18 Å². The molecular weight excluding hydrogens is 554 g/mol. The first-order chi connectivity index (χ1) is 16.1. The van der Waals surface area contributed by atoms with Crippen LogP contribution in [-0.2, 0) is 19.9 Å². The van der Waals surface area contributed by atoms with Gasteiger partial charge in [0.25, 0.3) is 0 Å². The van der Waals surface area contributed by atoms with Crippen LogP contribution in [0.15, 0.2) is 52.3 Å². The number of β-amino-alcohol motifs (C(OH)–C–C–N with tert-alkyl or cyclic N) is 1. The number of hydrogen-bond acceptors (Lipinski definition) is 7. The largest absolute Gasteiger partial charge is 0.401 e. The molecule has 2 aromatic carbocycles. The van der Waals surface area contributed by atoms with Gasteiger partial charge in [0.05, 0.1) is 28.1 Å². The number of nitrogens with one attached hydrogen (secondary N) is 1. The van der Waals surface area contributed by atoms with Crippen LogP contribution in [-0.4, -0.2) is 69.5 Å². The predicted octanol–water partition coefficient (Wildman–Crippen LogP) is 2.59. The molecule has 1 aliphatic rings. The van der Waals surface area contributed by atoms with Crippen LogP contribution in [0.1, 0.15) is 5.56 Å². The molecule has 1 aliphatic heterocycles. The predicted molar refractivity (Wildman–Crippen MR) is 121 cm³/mol. The minimum Gasteiger partial charge on any atom is -0.386 e. The fraction of sp³-hybridized carbons (Fsp3) is 0.350. The summed E-state index contributed by atoms with van der Waals surface area (Å²) in [5.41, 5.74) is -2.35. The molecule has 2 N–H and O–H groups in total. The van der Waals surface area contributed by atoms with Crippen molar-refractivity contribution in [3.63, 3.8) is 0 Å². The molecule has 2 aromatic rings. The Morgan fingerprint density at radius 1 is 1.14 bits per heavy atom. The van der Waals surface area contributed by atoms with Crippen molar-refractivity contribution in [2.24, 2.45) is 0 Å². The van der Waals surface area contributed by atoms with Crippen LogP contribution in [0, 0.1) is 11.3 Å². The Morgan fingerprint density at radius 2 is 1.77 bits per heavy atom. The molecule has 0 aliphatic carbocycles. The van der Waals surface area contributed by atoms with Gasteiger partial charge in [-0.15, -0.1) is 0 Å². The minimum atomic E-state index is -4.65. The highest BCUT2D eigenvalue weighted by Gasteiger charge is 2.55. The number of nitriles is 1. The van der Waals surface area contributed by atoms with E-state index in [0.29, 0.717) is 4.31 Å². The number of aliphatic hydroxyl groups is 1. The number of alkyl halides is 3. The molecule has 0 aromatic heterocycles. The Morgan fingerprint density at radius 3 is 2.31 bits per heavy atom. The number of rotatable bonds is 7. The van der Waals surface area contributed by atoms with Crippen molar-refractivity contribution >= 4 is 43.1 Å². The van der Waals surface area contributed by atoms with Gasteiger partial charge in [-0.05, 0) is 42.5 Å². The number of sulfone groups is 1. The summed E-state index contributed by atoms with van der Waals surface area (Å²) in [7, 11) is -8.94. The highest BCUT2D eigenvalue weighted by Crippen LogP contribution is 2.36. The zero-order chi connectivity index (χ0) is 26.2. The molecule has 1 heterocycles. The van der Waals surface area contributed by atoms with Gasteiger partial charge in [-0.25, -0.2) is 16.8 Å². The van der Waals surface area contributed by atoms with E-state index >= 15 is 0 Å². The third kappa shape index (κ3) is 5.91. The molecule has 1 fully saturated rings. The summed E-state index contributed by atoms with van der Waals surface area (Å²) in [6, 6.07) is 9.98. The number of nitrogens with zero attached hydrogens (tertiary/aromatic N) is 2. The first-order valence-electron chi connectivity index (χ1n) is 9.79. The SMILES string of the molecule is N#Cc1ccc(S(=O)(=O)N2C[C@H](S(=O)(=O)c3ccc(Cl)cc3)[C@@](O)(CNCC(F)(F)F)C2)c(Cl)c1. The highest BCUT2D eigenvalue weighted by molar-refractivity contribution is 7.92. The first kappa shape index (κ1) is 27.7. The molecule has 1 saturated heterocycles. The molecule has 0 spiro atoms. The Bertz CT molecular complexity index is 1360. The van der Waals surface area contributed by atoms with Crippen LogP contribution < -0.4 is 5.32 Å². The molecular formula is C20H18Cl2F3N3O5S2. The maximum Gasteiger partial charge on any atom is 0.401 e. The van der Waals surface area contributed by atoms with Crippen LogP contribution in [0.25, 0.3) is 0 Å². The summed E-state index contributed by atoms with van der Waals surface area (Å²) >= 11 is 11.8. The Balaban J connectivity index is 2.02. The first-order valence-corrected chi connectivity index (χ1v) is 13.5. The van der Waals surface area contributed by atoms with Crippen molar-refractivity contribution < 1.29 is 35.1 Å². The second kappa shape index (κ2) is 9.85. The van der Waals surface area contributed by atoms with E-state index in [1.165, 1.54) is 18.2 Å². The summed E-state index contributed by atoms with van der Waals surface area (Å²) in [4.78, 5) is -0.745. The van der Waals surface area contributed by atoms with Crippen molar-refractivity contribution in [3.05, 3.63) is 58.1 Å². The molecule has 0 radical (unpaired) electrons. The number of hydrogen-bond donors (Lipinski definition) is 2. The van der Waals surface area contributed by atoms with E-state index in [9.17, 15) is 35.1 Å². The Kier molecular flexibility index (Phi) is 7.79. The molecule has 0 bridgehead atoms. The topological polar surface area (TPSA) is 128 Å². The summed E-state index contributed by atoms with van der Waals surface area (Å²) < 4.78 is 91.9. The fourth-order valence-electron chi connectivity index (χ4n) is 3.69. The van der Waals surface area contributed by atoms with E-state index in [1.807, 2.05) is 5.32 Å². The van der Waals surface area contributed by atoms with Crippen LogP contribution in [0.4, 0.5) is 13.2 Å². The lowest BCUT2D eigenvalue weighted by Gasteiger charge is -2.29. The maximum atomic E-state index is 13.3. The van der Waals surface area contributed by atoms with Gasteiger partial charge in [-0.1, -0.05) is 23.2 Å². The van der Waals surface area contributed by atoms with Gasteiger partial charge in [-0.3, -0.25) is 0 Å². The summed E-state index contributed by atoms with van der Waals surface area (Å²) in [5, 5.41) is 20.2. The zero-order valence-corrected chi connectivity index (χ0v) is 20.8. The summed E-state index contributed by atoms with van der Waals surface area (Å²) in [6.07, 6.45) is -4.65. The van der Waals surface area contributed by atoms with Crippen LogP contribution >= 0.6 is 23.2 Å². The summed E-state index contributed by atoms with van der Waals surface area (Å²) in [5.74, 6) is 0. The second-order valence-electron chi connectivity index (χ2n) is 7.86. The minimum absolute atomic E-state index is 0.0754. The molecule has 0 amide bonds. The molecule has 190 valence electrons. The standard InChI is InChI=1S/C20H18Cl2F3N3O5S2/c21-14-2-4-15(5-3-14)34(30,31)18-9-28(12-19(18,29)10-27-11-20(23,24)25)35(32,33)17-6-1-13(8-26)7-16(17)22/h1-7,18,27,29H,9-12H2/t18-,19+/m0/s1. The van der Waals surface area contributed by atoms with Gasteiger partial charge < -0.3 is 10.4 Å². The normalized spacial score (nSPS) is 21.7. The number of benzene rings is 2. The van der Waals surface area contributed by atoms with Gasteiger partial charge in [-0.2, -0.15) is 22.7 Å². The van der Waals surface area contributed by atoms with E-state index in [2.05, 4.69) is 0 Å². The van der Waals surface area contributed by atoms with Gasteiger partial charge in [0.2, 0.25) is 10.0 Å². The molecule has 15 heteroatoms. The van der Waals surface area contributed by atoms with E-state index in [-0.39, 0.29) is 20.5 Å². The molecule has 8 nitrogen and oxygen atoms in total. The number of halogens is 5.